The Morgan fingerprint density at radius 3 is 2.22 bits per heavy atom. The quantitative estimate of drug-likeness (QED) is 0.431. The van der Waals surface area contributed by atoms with Crippen LogP contribution in [0.5, 0.6) is 11.5 Å². The maximum absolute atomic E-state index is 12.2. The molecule has 0 heterocycles. The maximum Gasteiger partial charge on any atom is 0.363 e. The molecular weight excluding hydrogens is 300 g/mol. The molecule has 0 fully saturated rings. The van der Waals surface area contributed by atoms with Gasteiger partial charge in [0.25, 0.3) is 0 Å². The van der Waals surface area contributed by atoms with Crippen LogP contribution in [0.15, 0.2) is 18.2 Å². The number of aromatic hydroxyl groups is 2. The minimum Gasteiger partial charge on any atom is -0.508 e. The molecule has 0 amide bonds. The van der Waals surface area contributed by atoms with Crippen molar-refractivity contribution >= 4 is 11.9 Å². The van der Waals surface area contributed by atoms with E-state index in [1.165, 1.54) is 18.2 Å². The second-order valence-corrected chi connectivity index (χ2v) is 5.44. The highest BCUT2D eigenvalue weighted by Crippen LogP contribution is 2.37. The smallest absolute Gasteiger partial charge is 0.363 e. The number of rotatable bonds is 8. The fraction of sp³-hybridized carbons (Fsp3) is 0.529. The average molecular weight is 324 g/mol. The van der Waals surface area contributed by atoms with Crippen LogP contribution in [0.2, 0.25) is 0 Å². The summed E-state index contributed by atoms with van der Waals surface area (Å²) in [5, 5.41) is 19.9. The Kier molecular flexibility index (Phi) is 7.94. The molecule has 0 radical (unpaired) electrons. The molecule has 0 spiro atoms. The van der Waals surface area contributed by atoms with Crippen molar-refractivity contribution in [2.75, 3.05) is 0 Å². The lowest BCUT2D eigenvalue weighted by Crippen LogP contribution is -2.18. The van der Waals surface area contributed by atoms with E-state index in [1.807, 2.05) is 0 Å². The molecule has 0 aliphatic heterocycles. The predicted molar refractivity (Wildman–Crippen MR) is 83.7 cm³/mol. The van der Waals surface area contributed by atoms with E-state index in [4.69, 9.17) is 0 Å². The second kappa shape index (κ2) is 9.71. The molecule has 0 saturated heterocycles. The van der Waals surface area contributed by atoms with Gasteiger partial charge in [0, 0.05) is 12.5 Å². The van der Waals surface area contributed by atoms with Crippen molar-refractivity contribution in [2.24, 2.45) is 0 Å². The topological polar surface area (TPSA) is 93.1 Å². The lowest BCUT2D eigenvalue weighted by atomic mass is 9.91. The third kappa shape index (κ3) is 6.18. The van der Waals surface area contributed by atoms with E-state index in [2.05, 4.69) is 16.7 Å². The highest BCUT2D eigenvalue weighted by molar-refractivity contribution is 5.80. The highest BCUT2D eigenvalue weighted by atomic mass is 17.2. The Morgan fingerprint density at radius 1 is 1.04 bits per heavy atom. The molecule has 6 nitrogen and oxygen atoms in total. The van der Waals surface area contributed by atoms with Crippen molar-refractivity contribution in [1.82, 2.24) is 0 Å². The molecule has 1 aromatic carbocycles. The number of unbranched alkanes of at least 4 members (excludes halogenated alkanes) is 4. The lowest BCUT2D eigenvalue weighted by Gasteiger charge is -2.17. The van der Waals surface area contributed by atoms with Crippen LogP contribution in [-0.2, 0) is 19.4 Å². The van der Waals surface area contributed by atoms with Crippen LogP contribution < -0.4 is 0 Å². The van der Waals surface area contributed by atoms with Crippen molar-refractivity contribution in [3.8, 4) is 11.5 Å². The summed E-state index contributed by atoms with van der Waals surface area (Å²) in [6, 6.07) is 4.25. The number of hydrogen-bond acceptors (Lipinski definition) is 6. The zero-order valence-corrected chi connectivity index (χ0v) is 13.6. The standard InChI is InChI=1S/C17H24O6/c1-3-4-5-6-7-9-13(17(21)23-22-12(2)18)16-14(19)10-8-11-15(16)20/h8,10-11,13,19-20H,3-7,9H2,1-2H3. The summed E-state index contributed by atoms with van der Waals surface area (Å²) in [5.74, 6) is -2.84. The minimum atomic E-state index is -0.892. The van der Waals surface area contributed by atoms with Gasteiger partial charge in [-0.3, -0.25) is 0 Å². The number of phenols is 2. The summed E-state index contributed by atoms with van der Waals surface area (Å²) in [5.41, 5.74) is 0.0974. The SMILES string of the molecule is CCCCCCCC(C(=O)OOC(C)=O)c1c(O)cccc1O. The van der Waals surface area contributed by atoms with Gasteiger partial charge in [0.05, 0.1) is 5.92 Å². The van der Waals surface area contributed by atoms with E-state index >= 15 is 0 Å². The van der Waals surface area contributed by atoms with Crippen LogP contribution in [-0.4, -0.2) is 22.2 Å². The van der Waals surface area contributed by atoms with Crippen molar-refractivity contribution in [1.29, 1.82) is 0 Å². The second-order valence-electron chi connectivity index (χ2n) is 5.44. The molecule has 23 heavy (non-hydrogen) atoms. The third-order valence-electron chi connectivity index (χ3n) is 3.53. The Labute approximate surface area is 136 Å². The van der Waals surface area contributed by atoms with Gasteiger partial charge in [-0.25, -0.2) is 19.4 Å². The number of hydrogen-bond donors (Lipinski definition) is 2. The van der Waals surface area contributed by atoms with Gasteiger partial charge in [0.2, 0.25) is 0 Å². The van der Waals surface area contributed by atoms with Crippen molar-refractivity contribution in [3.05, 3.63) is 23.8 Å². The molecule has 0 saturated carbocycles. The summed E-state index contributed by atoms with van der Waals surface area (Å²) in [6.07, 6.45) is 5.32. The van der Waals surface area contributed by atoms with E-state index in [1.54, 1.807) is 0 Å². The van der Waals surface area contributed by atoms with E-state index in [9.17, 15) is 19.8 Å². The Morgan fingerprint density at radius 2 is 1.65 bits per heavy atom. The van der Waals surface area contributed by atoms with Gasteiger partial charge in [-0.1, -0.05) is 45.1 Å². The molecule has 0 aliphatic carbocycles. The summed E-state index contributed by atoms with van der Waals surface area (Å²) in [7, 11) is 0. The van der Waals surface area contributed by atoms with Crippen LogP contribution in [0.4, 0.5) is 0 Å². The summed E-state index contributed by atoms with van der Waals surface area (Å²) in [6.45, 7) is 3.23. The van der Waals surface area contributed by atoms with Crippen LogP contribution in [0.1, 0.15) is 63.9 Å². The maximum atomic E-state index is 12.2. The molecule has 0 aromatic heterocycles. The zero-order valence-electron chi connectivity index (χ0n) is 13.6. The summed E-state index contributed by atoms with van der Waals surface area (Å²) >= 11 is 0. The van der Waals surface area contributed by atoms with Gasteiger partial charge in [0.15, 0.2) is 0 Å². The predicted octanol–water partition coefficient (Wildman–Crippen LogP) is 3.56. The molecule has 0 aliphatic rings. The lowest BCUT2D eigenvalue weighted by molar-refractivity contribution is -0.258. The monoisotopic (exact) mass is 324 g/mol. The largest absolute Gasteiger partial charge is 0.508 e. The normalized spacial score (nSPS) is 11.7. The summed E-state index contributed by atoms with van der Waals surface area (Å²) < 4.78 is 0. The average Bonchev–Trinajstić information content (AvgIpc) is 2.50. The Hall–Kier alpha value is -2.24. The van der Waals surface area contributed by atoms with E-state index in [0.717, 1.165) is 39.0 Å². The van der Waals surface area contributed by atoms with Crippen LogP contribution >= 0.6 is 0 Å². The van der Waals surface area contributed by atoms with Gasteiger partial charge in [-0.2, -0.15) is 0 Å². The van der Waals surface area contributed by atoms with E-state index in [0.29, 0.717) is 6.42 Å². The Bertz CT molecular complexity index is 506. The van der Waals surface area contributed by atoms with Crippen LogP contribution in [0, 0.1) is 0 Å². The third-order valence-corrected chi connectivity index (χ3v) is 3.53. The minimum absolute atomic E-state index is 0.0974. The van der Waals surface area contributed by atoms with Gasteiger partial charge in [0.1, 0.15) is 11.5 Å². The molecule has 1 rings (SSSR count). The Balaban J connectivity index is 2.83. The molecule has 1 atom stereocenters. The molecule has 2 N–H and O–H groups in total. The zero-order chi connectivity index (χ0) is 17.2. The molecule has 128 valence electrons. The first-order chi connectivity index (χ1) is 11.0. The fourth-order valence-corrected chi connectivity index (χ4v) is 2.39. The van der Waals surface area contributed by atoms with E-state index in [-0.39, 0.29) is 17.1 Å². The van der Waals surface area contributed by atoms with Crippen molar-refractivity contribution in [2.45, 2.75) is 58.3 Å². The van der Waals surface area contributed by atoms with Crippen LogP contribution in [0.25, 0.3) is 0 Å². The molecule has 1 aromatic rings. The van der Waals surface area contributed by atoms with Gasteiger partial charge < -0.3 is 10.2 Å². The van der Waals surface area contributed by atoms with Gasteiger partial charge in [-0.05, 0) is 18.6 Å². The molecule has 6 heteroatoms. The number of carbonyl (C=O) groups is 2. The van der Waals surface area contributed by atoms with Crippen LogP contribution in [0.3, 0.4) is 0 Å². The highest BCUT2D eigenvalue weighted by Gasteiger charge is 2.29. The van der Waals surface area contributed by atoms with E-state index < -0.39 is 17.9 Å². The van der Waals surface area contributed by atoms with Gasteiger partial charge >= 0.3 is 11.9 Å². The number of carbonyl (C=O) groups excluding carboxylic acids is 2. The van der Waals surface area contributed by atoms with Crippen molar-refractivity contribution in [3.63, 3.8) is 0 Å². The first-order valence-corrected chi connectivity index (χ1v) is 7.87. The summed E-state index contributed by atoms with van der Waals surface area (Å²) in [4.78, 5) is 31.7. The molecule has 0 bridgehead atoms. The molecule has 1 unspecified atom stereocenters. The van der Waals surface area contributed by atoms with Crippen molar-refractivity contribution < 1.29 is 29.6 Å². The molecular formula is C17H24O6. The van der Waals surface area contributed by atoms with Gasteiger partial charge in [-0.15, -0.1) is 0 Å². The first-order valence-electron chi connectivity index (χ1n) is 7.87. The number of benzene rings is 1. The number of phenolic OH excluding ortho intramolecular Hbond substituents is 2. The fourth-order valence-electron chi connectivity index (χ4n) is 2.39. The first kappa shape index (κ1) is 18.8.